The first-order valence-electron chi connectivity index (χ1n) is 10.1. The van der Waals surface area contributed by atoms with Gasteiger partial charge in [-0.15, -0.1) is 0 Å². The van der Waals surface area contributed by atoms with Crippen LogP contribution in [0.4, 0.5) is 16.0 Å². The van der Waals surface area contributed by atoms with Crippen LogP contribution in [0.25, 0.3) is 11.0 Å². The average Bonchev–Trinajstić information content (AvgIpc) is 3.07. The number of fused-ring (bicyclic) bond motifs is 1. The van der Waals surface area contributed by atoms with Gasteiger partial charge in [0.15, 0.2) is 0 Å². The molecule has 4 aromatic rings. The summed E-state index contributed by atoms with van der Waals surface area (Å²) in [5.41, 5.74) is 4.15. The maximum absolute atomic E-state index is 12.9. The van der Waals surface area contributed by atoms with Crippen molar-refractivity contribution in [3.63, 3.8) is 0 Å². The van der Waals surface area contributed by atoms with Crippen LogP contribution in [0, 0.1) is 5.82 Å². The molecule has 0 unspecified atom stereocenters. The van der Waals surface area contributed by atoms with Gasteiger partial charge in [0, 0.05) is 25.3 Å². The first-order chi connectivity index (χ1) is 15.1. The molecule has 8 heteroatoms. The Bertz CT molecular complexity index is 1190. The van der Waals surface area contributed by atoms with E-state index in [4.69, 9.17) is 14.5 Å². The minimum atomic E-state index is -0.392. The smallest absolute Gasteiger partial charge is 0.219 e. The molecule has 3 heterocycles. The lowest BCUT2D eigenvalue weighted by Crippen LogP contribution is -2.40. The lowest BCUT2D eigenvalue weighted by Gasteiger charge is -2.27. The first-order valence-corrected chi connectivity index (χ1v) is 10.1. The van der Waals surface area contributed by atoms with Crippen LogP contribution in [-0.2, 0) is 18.3 Å². The van der Waals surface area contributed by atoms with Crippen LogP contribution in [0.3, 0.4) is 0 Å². The molecule has 2 aromatic heterocycles. The third-order valence-corrected chi connectivity index (χ3v) is 5.19. The predicted octanol–water partition coefficient (Wildman–Crippen LogP) is 4.32. The summed E-state index contributed by atoms with van der Waals surface area (Å²) in [6, 6.07) is 17.0. The van der Waals surface area contributed by atoms with Gasteiger partial charge < -0.3 is 24.7 Å². The summed E-state index contributed by atoms with van der Waals surface area (Å²) in [6.07, 6.45) is 1.13. The molecule has 1 aliphatic heterocycles. The highest BCUT2D eigenvalue weighted by Gasteiger charge is 2.18. The zero-order chi connectivity index (χ0) is 21.2. The van der Waals surface area contributed by atoms with E-state index in [9.17, 15) is 4.39 Å². The summed E-state index contributed by atoms with van der Waals surface area (Å²) >= 11 is 0. The number of imidazole rings is 1. The highest BCUT2D eigenvalue weighted by molar-refractivity contribution is 5.82. The molecule has 5 rings (SSSR count). The van der Waals surface area contributed by atoms with Gasteiger partial charge >= 0.3 is 0 Å². The number of ether oxygens (including phenoxy) is 2. The van der Waals surface area contributed by atoms with Crippen molar-refractivity contribution in [1.82, 2.24) is 14.5 Å². The SMILES string of the molecule is Cn1c(NCc2ccc(Oc3ccc(F)cn3)cc2)nc2ccc(NC3COC3)cc21. The number of benzene rings is 2. The fourth-order valence-corrected chi connectivity index (χ4v) is 3.39. The molecule has 2 aromatic carbocycles. The van der Waals surface area contributed by atoms with E-state index in [0.717, 1.165) is 47.6 Å². The molecule has 0 atom stereocenters. The molecule has 31 heavy (non-hydrogen) atoms. The van der Waals surface area contributed by atoms with Gasteiger partial charge in [-0.25, -0.2) is 14.4 Å². The highest BCUT2D eigenvalue weighted by Crippen LogP contribution is 2.24. The molecule has 7 nitrogen and oxygen atoms in total. The Morgan fingerprint density at radius 3 is 2.68 bits per heavy atom. The second-order valence-corrected chi connectivity index (χ2v) is 7.49. The van der Waals surface area contributed by atoms with Crippen molar-refractivity contribution in [3.05, 3.63) is 72.2 Å². The molecule has 2 N–H and O–H groups in total. The largest absolute Gasteiger partial charge is 0.439 e. The molecular formula is C23H22FN5O2. The Labute approximate surface area is 178 Å². The van der Waals surface area contributed by atoms with Crippen molar-refractivity contribution in [2.75, 3.05) is 23.8 Å². The van der Waals surface area contributed by atoms with Crippen LogP contribution >= 0.6 is 0 Å². The normalized spacial score (nSPS) is 13.7. The molecule has 1 aliphatic rings. The Morgan fingerprint density at radius 2 is 1.97 bits per heavy atom. The molecule has 0 aliphatic carbocycles. The van der Waals surface area contributed by atoms with E-state index >= 15 is 0 Å². The average molecular weight is 419 g/mol. The van der Waals surface area contributed by atoms with Crippen molar-refractivity contribution < 1.29 is 13.9 Å². The number of pyridine rings is 1. The van der Waals surface area contributed by atoms with E-state index in [0.29, 0.717) is 24.2 Å². The molecule has 158 valence electrons. The molecule has 0 bridgehead atoms. The number of hydrogen-bond donors (Lipinski definition) is 2. The Morgan fingerprint density at radius 1 is 1.13 bits per heavy atom. The van der Waals surface area contributed by atoms with Gasteiger partial charge in [0.2, 0.25) is 11.8 Å². The maximum Gasteiger partial charge on any atom is 0.219 e. The second-order valence-electron chi connectivity index (χ2n) is 7.49. The van der Waals surface area contributed by atoms with Crippen LogP contribution in [-0.4, -0.2) is 33.8 Å². The van der Waals surface area contributed by atoms with Crippen LogP contribution in [0.5, 0.6) is 11.6 Å². The van der Waals surface area contributed by atoms with E-state index < -0.39 is 5.82 Å². The molecule has 1 fully saturated rings. The van der Waals surface area contributed by atoms with Gasteiger partial charge in [-0.2, -0.15) is 0 Å². The van der Waals surface area contributed by atoms with E-state index in [2.05, 4.69) is 26.3 Å². The van der Waals surface area contributed by atoms with Crippen LogP contribution in [0.2, 0.25) is 0 Å². The standard InChI is InChI=1S/C23H22FN5O2/c1-29-21-10-17(27-18-13-30-14-18)5-8-20(21)28-23(29)26-11-15-2-6-19(7-3-15)31-22-9-4-16(24)12-25-22/h2-10,12,18,27H,11,13-14H2,1H3,(H,26,28). The Kier molecular flexibility index (Phi) is 5.13. The first kappa shape index (κ1) is 19.3. The summed E-state index contributed by atoms with van der Waals surface area (Å²) in [4.78, 5) is 8.60. The zero-order valence-corrected chi connectivity index (χ0v) is 17.0. The number of rotatable bonds is 7. The van der Waals surface area contributed by atoms with Gasteiger partial charge in [0.25, 0.3) is 0 Å². The van der Waals surface area contributed by atoms with Crippen molar-refractivity contribution in [3.8, 4) is 11.6 Å². The number of nitrogens with one attached hydrogen (secondary N) is 2. The molecule has 0 spiro atoms. The van der Waals surface area contributed by atoms with Crippen molar-refractivity contribution >= 4 is 22.7 Å². The summed E-state index contributed by atoms with van der Waals surface area (Å²) in [5.74, 6) is 1.40. The van der Waals surface area contributed by atoms with Gasteiger partial charge in [0.1, 0.15) is 11.6 Å². The van der Waals surface area contributed by atoms with E-state index in [1.807, 2.05) is 43.4 Å². The lowest BCUT2D eigenvalue weighted by atomic mass is 10.2. The van der Waals surface area contributed by atoms with E-state index in [-0.39, 0.29) is 0 Å². The zero-order valence-electron chi connectivity index (χ0n) is 17.0. The number of nitrogens with zero attached hydrogens (tertiary/aromatic N) is 3. The number of aromatic nitrogens is 3. The van der Waals surface area contributed by atoms with E-state index in [1.54, 1.807) is 0 Å². The predicted molar refractivity (Wildman–Crippen MR) is 117 cm³/mol. The number of hydrogen-bond acceptors (Lipinski definition) is 6. The fraction of sp³-hybridized carbons (Fsp3) is 0.217. The fourth-order valence-electron chi connectivity index (χ4n) is 3.39. The highest BCUT2D eigenvalue weighted by atomic mass is 19.1. The van der Waals surface area contributed by atoms with E-state index in [1.165, 1.54) is 12.1 Å². The summed E-state index contributed by atoms with van der Waals surface area (Å²) in [6.45, 7) is 2.12. The summed E-state index contributed by atoms with van der Waals surface area (Å²) in [7, 11) is 2.00. The number of halogens is 1. The molecular weight excluding hydrogens is 397 g/mol. The van der Waals surface area contributed by atoms with Crippen molar-refractivity contribution in [1.29, 1.82) is 0 Å². The Hall–Kier alpha value is -3.65. The Balaban J connectivity index is 1.23. The van der Waals surface area contributed by atoms with Crippen molar-refractivity contribution in [2.45, 2.75) is 12.6 Å². The lowest BCUT2D eigenvalue weighted by molar-refractivity contribution is 0.0211. The maximum atomic E-state index is 12.9. The summed E-state index contributed by atoms with van der Waals surface area (Å²) in [5, 5.41) is 6.86. The second kappa shape index (κ2) is 8.23. The molecule has 0 radical (unpaired) electrons. The molecule has 0 saturated carbocycles. The third-order valence-electron chi connectivity index (χ3n) is 5.19. The summed E-state index contributed by atoms with van der Waals surface area (Å²) < 4.78 is 25.9. The number of aryl methyl sites for hydroxylation is 1. The minimum Gasteiger partial charge on any atom is -0.439 e. The van der Waals surface area contributed by atoms with Gasteiger partial charge in [-0.3, -0.25) is 0 Å². The quantitative estimate of drug-likeness (QED) is 0.465. The van der Waals surface area contributed by atoms with Crippen LogP contribution in [0.1, 0.15) is 5.56 Å². The topological polar surface area (TPSA) is 73.2 Å². The minimum absolute atomic E-state index is 0.352. The van der Waals surface area contributed by atoms with Crippen molar-refractivity contribution in [2.24, 2.45) is 7.05 Å². The number of anilines is 2. The third kappa shape index (κ3) is 4.29. The van der Waals surface area contributed by atoms with Crippen LogP contribution in [0.15, 0.2) is 60.8 Å². The monoisotopic (exact) mass is 419 g/mol. The molecule has 0 amide bonds. The van der Waals surface area contributed by atoms with Crippen LogP contribution < -0.4 is 15.4 Å². The molecule has 1 saturated heterocycles. The van der Waals surface area contributed by atoms with Gasteiger partial charge in [0.05, 0.1) is 36.5 Å². The van der Waals surface area contributed by atoms with Gasteiger partial charge in [-0.1, -0.05) is 12.1 Å². The van der Waals surface area contributed by atoms with Gasteiger partial charge in [-0.05, 0) is 42.0 Å².